The zero-order valence-corrected chi connectivity index (χ0v) is 14.3. The van der Waals surface area contributed by atoms with E-state index in [2.05, 4.69) is 5.32 Å². The predicted molar refractivity (Wildman–Crippen MR) is 93.7 cm³/mol. The molecule has 0 radical (unpaired) electrons. The normalized spacial score (nSPS) is 10.1. The first-order chi connectivity index (χ1) is 12.3. The lowest BCUT2D eigenvalue weighted by Gasteiger charge is -2.11. The number of hydrogen-bond donors (Lipinski definition) is 2. The fourth-order valence-corrected chi connectivity index (χ4v) is 2.22. The van der Waals surface area contributed by atoms with Crippen LogP contribution < -0.4 is 20.5 Å². The van der Waals surface area contributed by atoms with Gasteiger partial charge in [0.1, 0.15) is 17.2 Å². The first kappa shape index (κ1) is 19.0. The van der Waals surface area contributed by atoms with Crippen molar-refractivity contribution >= 4 is 34.8 Å². The van der Waals surface area contributed by atoms with Crippen molar-refractivity contribution in [2.75, 3.05) is 19.0 Å². The highest BCUT2D eigenvalue weighted by molar-refractivity contribution is 6.31. The van der Waals surface area contributed by atoms with Gasteiger partial charge in [0.25, 0.3) is 17.5 Å². The minimum atomic E-state index is -0.770. The maximum atomic E-state index is 12.0. The largest absolute Gasteiger partial charge is 0.496 e. The standard InChI is InChI=1S/C16H14ClN3O6/c1-25-10-3-4-12(13(7-10)20(23)24)19-15(21)8-26-14-5-2-9(17)6-11(14)16(18)22/h2-7H,8H2,1H3,(H2,18,22)(H,19,21). The van der Waals surface area contributed by atoms with Crippen LogP contribution in [-0.2, 0) is 4.79 Å². The van der Waals surface area contributed by atoms with Crippen molar-refractivity contribution in [1.82, 2.24) is 0 Å². The third-order valence-corrected chi connectivity index (χ3v) is 3.48. The van der Waals surface area contributed by atoms with Crippen LogP contribution in [0.5, 0.6) is 11.5 Å². The van der Waals surface area contributed by atoms with E-state index in [9.17, 15) is 19.7 Å². The third kappa shape index (κ3) is 4.61. The van der Waals surface area contributed by atoms with Gasteiger partial charge >= 0.3 is 0 Å². The molecule has 26 heavy (non-hydrogen) atoms. The van der Waals surface area contributed by atoms with Gasteiger partial charge in [-0.25, -0.2) is 0 Å². The first-order valence-electron chi connectivity index (χ1n) is 7.16. The van der Waals surface area contributed by atoms with Gasteiger partial charge in [-0.1, -0.05) is 11.6 Å². The Balaban J connectivity index is 2.11. The highest BCUT2D eigenvalue weighted by Gasteiger charge is 2.18. The summed E-state index contributed by atoms with van der Waals surface area (Å²) in [7, 11) is 1.37. The molecule has 2 rings (SSSR count). The summed E-state index contributed by atoms with van der Waals surface area (Å²) in [5.74, 6) is -1.09. The van der Waals surface area contributed by atoms with Gasteiger partial charge < -0.3 is 20.5 Å². The lowest BCUT2D eigenvalue weighted by atomic mass is 10.2. The SMILES string of the molecule is COc1ccc(NC(=O)COc2ccc(Cl)cc2C(N)=O)c([N+](=O)[O-])c1. The average molecular weight is 380 g/mol. The van der Waals surface area contributed by atoms with Gasteiger partial charge in [-0.2, -0.15) is 0 Å². The van der Waals surface area contributed by atoms with Crippen LogP contribution >= 0.6 is 11.6 Å². The number of anilines is 1. The molecule has 0 fully saturated rings. The van der Waals surface area contributed by atoms with Gasteiger partial charge in [-0.05, 0) is 30.3 Å². The maximum Gasteiger partial charge on any atom is 0.296 e. The van der Waals surface area contributed by atoms with Crippen LogP contribution in [0.15, 0.2) is 36.4 Å². The van der Waals surface area contributed by atoms with E-state index in [1.54, 1.807) is 0 Å². The summed E-state index contributed by atoms with van der Waals surface area (Å²) in [5, 5.41) is 13.8. The van der Waals surface area contributed by atoms with Gasteiger partial charge in [0.2, 0.25) is 0 Å². The number of nitrogens with zero attached hydrogens (tertiary/aromatic N) is 1. The third-order valence-electron chi connectivity index (χ3n) is 3.24. The molecule has 2 aromatic rings. The zero-order chi connectivity index (χ0) is 19.3. The summed E-state index contributed by atoms with van der Waals surface area (Å²) >= 11 is 5.79. The minimum Gasteiger partial charge on any atom is -0.496 e. The number of hydrogen-bond acceptors (Lipinski definition) is 6. The topological polar surface area (TPSA) is 134 Å². The second-order valence-electron chi connectivity index (χ2n) is 4.98. The van der Waals surface area contributed by atoms with Crippen molar-refractivity contribution in [2.45, 2.75) is 0 Å². The number of primary amides is 1. The van der Waals surface area contributed by atoms with Crippen LogP contribution in [0.3, 0.4) is 0 Å². The summed E-state index contributed by atoms with van der Waals surface area (Å²) in [6, 6.07) is 8.16. The van der Waals surface area contributed by atoms with Gasteiger partial charge in [0, 0.05) is 5.02 Å². The van der Waals surface area contributed by atoms with E-state index in [1.165, 1.54) is 43.5 Å². The lowest BCUT2D eigenvalue weighted by Crippen LogP contribution is -2.22. The van der Waals surface area contributed by atoms with Gasteiger partial charge in [0.15, 0.2) is 6.61 Å². The number of amides is 2. The molecule has 0 aliphatic heterocycles. The van der Waals surface area contributed by atoms with E-state index in [-0.39, 0.29) is 33.5 Å². The van der Waals surface area contributed by atoms with E-state index >= 15 is 0 Å². The summed E-state index contributed by atoms with van der Waals surface area (Å²) in [5.41, 5.74) is 4.89. The number of nitro groups is 1. The molecule has 0 saturated heterocycles. The molecule has 0 unspecified atom stereocenters. The number of carbonyl (C=O) groups excluding carboxylic acids is 2. The summed E-state index contributed by atoms with van der Waals surface area (Å²) in [6.45, 7) is -0.495. The Labute approximate surface area is 152 Å². The molecule has 3 N–H and O–H groups in total. The van der Waals surface area contributed by atoms with Crippen molar-refractivity contribution < 1.29 is 24.0 Å². The van der Waals surface area contributed by atoms with Crippen molar-refractivity contribution in [1.29, 1.82) is 0 Å². The van der Waals surface area contributed by atoms with Crippen LogP contribution in [0.4, 0.5) is 11.4 Å². The number of nitrogens with one attached hydrogen (secondary N) is 1. The predicted octanol–water partition coefficient (Wildman–Crippen LogP) is 2.37. The van der Waals surface area contributed by atoms with Crippen molar-refractivity contribution in [3.8, 4) is 11.5 Å². The van der Waals surface area contributed by atoms with Crippen molar-refractivity contribution in [2.24, 2.45) is 5.73 Å². The fourth-order valence-electron chi connectivity index (χ4n) is 2.05. The second-order valence-corrected chi connectivity index (χ2v) is 5.42. The number of nitro benzene ring substituents is 1. The van der Waals surface area contributed by atoms with E-state index in [4.69, 9.17) is 26.8 Å². The average Bonchev–Trinajstić information content (AvgIpc) is 2.60. The van der Waals surface area contributed by atoms with Crippen LogP contribution in [-0.4, -0.2) is 30.5 Å². The van der Waals surface area contributed by atoms with E-state index in [0.717, 1.165) is 0 Å². The molecule has 2 aromatic carbocycles. The van der Waals surface area contributed by atoms with E-state index in [0.29, 0.717) is 0 Å². The molecule has 0 saturated carbocycles. The molecule has 0 atom stereocenters. The quantitative estimate of drug-likeness (QED) is 0.560. The maximum absolute atomic E-state index is 12.0. The Bertz CT molecular complexity index is 871. The highest BCUT2D eigenvalue weighted by Crippen LogP contribution is 2.29. The monoisotopic (exact) mass is 379 g/mol. The number of methoxy groups -OCH3 is 1. The first-order valence-corrected chi connectivity index (χ1v) is 7.54. The smallest absolute Gasteiger partial charge is 0.296 e. The Hall–Kier alpha value is -3.33. The van der Waals surface area contributed by atoms with Gasteiger partial charge in [-0.3, -0.25) is 19.7 Å². The lowest BCUT2D eigenvalue weighted by molar-refractivity contribution is -0.384. The molecule has 10 heteroatoms. The zero-order valence-electron chi connectivity index (χ0n) is 13.5. The Morgan fingerprint density at radius 2 is 2.00 bits per heavy atom. The second kappa shape index (κ2) is 8.17. The molecule has 0 spiro atoms. The van der Waals surface area contributed by atoms with Crippen molar-refractivity contribution in [3.05, 3.63) is 57.1 Å². The Kier molecular flexibility index (Phi) is 5.97. The molecule has 0 heterocycles. The van der Waals surface area contributed by atoms with Gasteiger partial charge in [-0.15, -0.1) is 0 Å². The molecule has 0 bridgehead atoms. The highest BCUT2D eigenvalue weighted by atomic mass is 35.5. The molecule has 2 amide bonds. The molecular formula is C16H14ClN3O6. The summed E-state index contributed by atoms with van der Waals surface area (Å²) in [6.07, 6.45) is 0. The molecule has 9 nitrogen and oxygen atoms in total. The van der Waals surface area contributed by atoms with Crippen LogP contribution in [0, 0.1) is 10.1 Å². The van der Waals surface area contributed by atoms with Gasteiger partial charge in [0.05, 0.1) is 23.7 Å². The number of nitrogens with two attached hydrogens (primary N) is 1. The van der Waals surface area contributed by atoms with Crippen molar-refractivity contribution in [3.63, 3.8) is 0 Å². The van der Waals surface area contributed by atoms with E-state index in [1.807, 2.05) is 0 Å². The number of halogens is 1. The molecule has 136 valence electrons. The van der Waals surface area contributed by atoms with Crippen LogP contribution in [0.25, 0.3) is 0 Å². The number of benzene rings is 2. The molecular weight excluding hydrogens is 366 g/mol. The molecule has 0 aliphatic rings. The number of ether oxygens (including phenoxy) is 2. The van der Waals surface area contributed by atoms with Crippen LogP contribution in [0.1, 0.15) is 10.4 Å². The van der Waals surface area contributed by atoms with Crippen LogP contribution in [0.2, 0.25) is 5.02 Å². The summed E-state index contributed by atoms with van der Waals surface area (Å²) in [4.78, 5) is 33.9. The number of carbonyl (C=O) groups is 2. The number of rotatable bonds is 7. The van der Waals surface area contributed by atoms with E-state index < -0.39 is 23.3 Å². The fraction of sp³-hybridized carbons (Fsp3) is 0.125. The Morgan fingerprint density at radius 3 is 2.62 bits per heavy atom. The minimum absolute atomic E-state index is 0.0146. The Morgan fingerprint density at radius 1 is 1.27 bits per heavy atom. The summed E-state index contributed by atoms with van der Waals surface area (Å²) < 4.78 is 10.2. The molecule has 0 aliphatic carbocycles. The molecule has 0 aromatic heterocycles.